The molecule has 98 valence electrons. The Labute approximate surface area is 112 Å². The molecule has 4 heteroatoms. The van der Waals surface area contributed by atoms with E-state index in [9.17, 15) is 0 Å². The zero-order valence-corrected chi connectivity index (χ0v) is 11.4. The number of hydrogen-bond acceptors (Lipinski definition) is 4. The van der Waals surface area contributed by atoms with Crippen molar-refractivity contribution in [2.75, 3.05) is 19.0 Å². The first kappa shape index (κ1) is 12.0. The zero-order valence-electron chi connectivity index (χ0n) is 11.4. The SMILES string of the molecule is CNc1nc(-c2ccc3c(c2)CCO3)nc(C)c1C. The van der Waals surface area contributed by atoms with Crippen LogP contribution in [0.15, 0.2) is 18.2 Å². The minimum atomic E-state index is 0.766. The Kier molecular flexibility index (Phi) is 2.85. The molecule has 2 aromatic rings. The number of fused-ring (bicyclic) bond motifs is 1. The number of aryl methyl sites for hydroxylation is 1. The summed E-state index contributed by atoms with van der Waals surface area (Å²) in [5.74, 6) is 2.64. The van der Waals surface area contributed by atoms with E-state index in [0.29, 0.717) is 0 Å². The van der Waals surface area contributed by atoms with Crippen molar-refractivity contribution in [3.63, 3.8) is 0 Å². The van der Waals surface area contributed by atoms with Crippen LogP contribution >= 0.6 is 0 Å². The molecule has 0 bridgehead atoms. The lowest BCUT2D eigenvalue weighted by atomic mass is 10.1. The predicted octanol–water partition coefficient (Wildman–Crippen LogP) is 2.74. The maximum absolute atomic E-state index is 5.52. The molecule has 1 aliphatic heterocycles. The molecular weight excluding hydrogens is 238 g/mol. The van der Waals surface area contributed by atoms with Crippen molar-refractivity contribution in [2.45, 2.75) is 20.3 Å². The second-order valence-electron chi connectivity index (χ2n) is 4.78. The van der Waals surface area contributed by atoms with Gasteiger partial charge < -0.3 is 10.1 Å². The summed E-state index contributed by atoms with van der Waals surface area (Å²) in [6, 6.07) is 6.16. The summed E-state index contributed by atoms with van der Waals surface area (Å²) in [4.78, 5) is 9.17. The Morgan fingerprint density at radius 3 is 2.84 bits per heavy atom. The van der Waals surface area contributed by atoms with Crippen LogP contribution in [-0.4, -0.2) is 23.6 Å². The van der Waals surface area contributed by atoms with E-state index >= 15 is 0 Å². The Morgan fingerprint density at radius 1 is 1.21 bits per heavy atom. The first-order valence-electron chi connectivity index (χ1n) is 6.48. The molecular formula is C15H17N3O. The maximum Gasteiger partial charge on any atom is 0.161 e. The molecule has 1 aromatic carbocycles. The maximum atomic E-state index is 5.52. The molecule has 0 spiro atoms. The van der Waals surface area contributed by atoms with Crippen molar-refractivity contribution in [1.29, 1.82) is 0 Å². The lowest BCUT2D eigenvalue weighted by Gasteiger charge is -2.10. The largest absolute Gasteiger partial charge is 0.493 e. The third kappa shape index (κ3) is 2.03. The Hall–Kier alpha value is -2.10. The van der Waals surface area contributed by atoms with Gasteiger partial charge in [0.25, 0.3) is 0 Å². The highest BCUT2D eigenvalue weighted by Gasteiger charge is 2.15. The van der Waals surface area contributed by atoms with E-state index in [2.05, 4.69) is 21.4 Å². The Balaban J connectivity index is 2.09. The highest BCUT2D eigenvalue weighted by molar-refractivity contribution is 5.62. The molecule has 4 nitrogen and oxygen atoms in total. The second kappa shape index (κ2) is 4.53. The lowest BCUT2D eigenvalue weighted by Crippen LogP contribution is -2.02. The summed E-state index contributed by atoms with van der Waals surface area (Å²) in [6.07, 6.45) is 0.965. The molecule has 1 N–H and O–H groups in total. The van der Waals surface area contributed by atoms with E-state index < -0.39 is 0 Å². The molecule has 19 heavy (non-hydrogen) atoms. The molecule has 0 atom stereocenters. The number of nitrogens with one attached hydrogen (secondary N) is 1. The molecule has 1 aromatic heterocycles. The summed E-state index contributed by atoms with van der Waals surface area (Å²) in [6.45, 7) is 4.81. The minimum absolute atomic E-state index is 0.766. The minimum Gasteiger partial charge on any atom is -0.493 e. The van der Waals surface area contributed by atoms with Gasteiger partial charge in [0.2, 0.25) is 0 Å². The second-order valence-corrected chi connectivity index (χ2v) is 4.78. The van der Waals surface area contributed by atoms with Crippen molar-refractivity contribution in [1.82, 2.24) is 9.97 Å². The molecule has 1 aliphatic rings. The molecule has 0 amide bonds. The van der Waals surface area contributed by atoms with E-state index in [1.165, 1.54) is 5.56 Å². The molecule has 0 saturated heterocycles. The highest BCUT2D eigenvalue weighted by atomic mass is 16.5. The van der Waals surface area contributed by atoms with Gasteiger partial charge in [-0.25, -0.2) is 9.97 Å². The highest BCUT2D eigenvalue weighted by Crippen LogP contribution is 2.30. The third-order valence-corrected chi connectivity index (χ3v) is 3.57. The van der Waals surface area contributed by atoms with Crippen LogP contribution in [-0.2, 0) is 6.42 Å². The summed E-state index contributed by atoms with van der Waals surface area (Å²) in [5.41, 5.74) is 4.39. The molecule has 0 aliphatic carbocycles. The van der Waals surface area contributed by atoms with E-state index in [1.807, 2.05) is 33.0 Å². The average Bonchev–Trinajstić information content (AvgIpc) is 2.89. The van der Waals surface area contributed by atoms with Gasteiger partial charge in [-0.1, -0.05) is 0 Å². The van der Waals surface area contributed by atoms with E-state index in [4.69, 9.17) is 4.74 Å². The van der Waals surface area contributed by atoms with E-state index in [-0.39, 0.29) is 0 Å². The van der Waals surface area contributed by atoms with Gasteiger partial charge in [0.1, 0.15) is 11.6 Å². The first-order chi connectivity index (χ1) is 9.19. The van der Waals surface area contributed by atoms with Crippen LogP contribution < -0.4 is 10.1 Å². The standard InChI is InChI=1S/C15H17N3O/c1-9-10(2)17-15(18-14(9)16-3)12-4-5-13-11(8-12)6-7-19-13/h4-5,8H,6-7H2,1-3H3,(H,16,17,18). The van der Waals surface area contributed by atoms with Crippen LogP contribution in [0.4, 0.5) is 5.82 Å². The van der Waals surface area contributed by atoms with Crippen molar-refractivity contribution in [3.8, 4) is 17.1 Å². The van der Waals surface area contributed by atoms with Gasteiger partial charge in [-0.15, -0.1) is 0 Å². The smallest absolute Gasteiger partial charge is 0.161 e. The van der Waals surface area contributed by atoms with Crippen molar-refractivity contribution in [2.24, 2.45) is 0 Å². The Morgan fingerprint density at radius 2 is 2.05 bits per heavy atom. The molecule has 0 radical (unpaired) electrons. The average molecular weight is 255 g/mol. The van der Waals surface area contributed by atoms with Crippen molar-refractivity contribution >= 4 is 5.82 Å². The number of anilines is 1. The van der Waals surface area contributed by atoms with Gasteiger partial charge in [0.15, 0.2) is 5.82 Å². The summed E-state index contributed by atoms with van der Waals surface area (Å²) >= 11 is 0. The van der Waals surface area contributed by atoms with Crippen LogP contribution in [0.3, 0.4) is 0 Å². The fourth-order valence-electron chi connectivity index (χ4n) is 2.33. The van der Waals surface area contributed by atoms with Crippen molar-refractivity contribution in [3.05, 3.63) is 35.0 Å². The number of ether oxygens (including phenoxy) is 1. The van der Waals surface area contributed by atoms with Gasteiger partial charge in [0.05, 0.1) is 6.61 Å². The monoisotopic (exact) mass is 255 g/mol. The van der Waals surface area contributed by atoms with Gasteiger partial charge >= 0.3 is 0 Å². The summed E-state index contributed by atoms with van der Waals surface area (Å²) in [5, 5.41) is 3.12. The van der Waals surface area contributed by atoms with Crippen LogP contribution in [0.1, 0.15) is 16.8 Å². The number of hydrogen-bond donors (Lipinski definition) is 1. The number of nitrogens with zero attached hydrogens (tertiary/aromatic N) is 2. The number of benzene rings is 1. The van der Waals surface area contributed by atoms with Crippen LogP contribution in [0, 0.1) is 13.8 Å². The first-order valence-corrected chi connectivity index (χ1v) is 6.48. The zero-order chi connectivity index (χ0) is 13.4. The normalized spacial score (nSPS) is 13.0. The van der Waals surface area contributed by atoms with Crippen LogP contribution in [0.5, 0.6) is 5.75 Å². The van der Waals surface area contributed by atoms with Crippen LogP contribution in [0.25, 0.3) is 11.4 Å². The molecule has 3 rings (SSSR count). The number of aromatic nitrogens is 2. The van der Waals surface area contributed by atoms with Gasteiger partial charge in [-0.3, -0.25) is 0 Å². The molecule has 0 unspecified atom stereocenters. The van der Waals surface area contributed by atoms with E-state index in [0.717, 1.165) is 47.2 Å². The van der Waals surface area contributed by atoms with Crippen molar-refractivity contribution < 1.29 is 4.74 Å². The fraction of sp³-hybridized carbons (Fsp3) is 0.333. The van der Waals surface area contributed by atoms with Gasteiger partial charge in [-0.05, 0) is 37.6 Å². The number of rotatable bonds is 2. The quantitative estimate of drug-likeness (QED) is 0.896. The molecule has 2 heterocycles. The van der Waals surface area contributed by atoms with Gasteiger partial charge in [-0.2, -0.15) is 0 Å². The van der Waals surface area contributed by atoms with Crippen LogP contribution in [0.2, 0.25) is 0 Å². The summed E-state index contributed by atoms with van der Waals surface area (Å²) in [7, 11) is 1.88. The fourth-order valence-corrected chi connectivity index (χ4v) is 2.33. The molecule has 0 fully saturated rings. The third-order valence-electron chi connectivity index (χ3n) is 3.57. The van der Waals surface area contributed by atoms with Gasteiger partial charge in [0, 0.05) is 30.3 Å². The molecule has 0 saturated carbocycles. The van der Waals surface area contributed by atoms with E-state index in [1.54, 1.807) is 0 Å². The topological polar surface area (TPSA) is 47.0 Å². The predicted molar refractivity (Wildman–Crippen MR) is 75.7 cm³/mol. The summed E-state index contributed by atoms with van der Waals surface area (Å²) < 4.78 is 5.52. The lowest BCUT2D eigenvalue weighted by molar-refractivity contribution is 0.357. The Bertz CT molecular complexity index is 638.